The fourth-order valence-electron chi connectivity index (χ4n) is 2.48. The molecule has 0 radical (unpaired) electrons. The normalized spacial score (nSPS) is 19.4. The van der Waals surface area contributed by atoms with Crippen LogP contribution in [0.15, 0.2) is 4.99 Å². The summed E-state index contributed by atoms with van der Waals surface area (Å²) in [6.07, 6.45) is 2.66. The summed E-state index contributed by atoms with van der Waals surface area (Å²) in [5.74, 6) is 2.17. The fourth-order valence-corrected chi connectivity index (χ4v) is 3.68. The molecule has 2 heterocycles. The van der Waals surface area contributed by atoms with E-state index in [0.29, 0.717) is 0 Å². The van der Waals surface area contributed by atoms with Crippen LogP contribution in [0.5, 0.6) is 0 Å². The summed E-state index contributed by atoms with van der Waals surface area (Å²) in [7, 11) is 3.80. The van der Waals surface area contributed by atoms with Crippen LogP contribution in [0.2, 0.25) is 0 Å². The Morgan fingerprint density at radius 2 is 2.25 bits per heavy atom. The van der Waals surface area contributed by atoms with Crippen molar-refractivity contribution in [2.45, 2.75) is 38.5 Å². The molecule has 0 amide bonds. The molecule has 2 rings (SSSR count). The summed E-state index contributed by atoms with van der Waals surface area (Å²) in [5, 5.41) is 12.0. The van der Waals surface area contributed by atoms with Crippen molar-refractivity contribution in [3.63, 3.8) is 0 Å². The minimum absolute atomic E-state index is 0.732. The largest absolute Gasteiger partial charge is 0.355 e. The van der Waals surface area contributed by atoms with Gasteiger partial charge in [0.25, 0.3) is 0 Å². The number of aliphatic imine (C=N–C) groups is 1. The lowest BCUT2D eigenvalue weighted by molar-refractivity contribution is 0.721. The summed E-state index contributed by atoms with van der Waals surface area (Å²) in [5.41, 5.74) is 3.54. The molecule has 1 aromatic rings. The van der Waals surface area contributed by atoms with Crippen LogP contribution in [0.3, 0.4) is 0 Å². The van der Waals surface area contributed by atoms with Gasteiger partial charge in [0.05, 0.1) is 5.69 Å². The Bertz CT molecular complexity index is 474. The van der Waals surface area contributed by atoms with Crippen molar-refractivity contribution >= 4 is 17.7 Å². The number of aromatic nitrogens is 2. The fraction of sp³-hybridized carbons (Fsp3) is 0.714. The van der Waals surface area contributed by atoms with Gasteiger partial charge in [0.2, 0.25) is 0 Å². The lowest BCUT2D eigenvalue weighted by Gasteiger charge is -2.15. The van der Waals surface area contributed by atoms with Crippen molar-refractivity contribution in [2.24, 2.45) is 12.0 Å². The van der Waals surface area contributed by atoms with E-state index in [1.54, 1.807) is 0 Å². The Hall–Kier alpha value is -1.17. The molecular formula is C14H25N5S. The molecule has 1 unspecified atom stereocenters. The Morgan fingerprint density at radius 1 is 1.45 bits per heavy atom. The van der Waals surface area contributed by atoms with Gasteiger partial charge in [-0.15, -0.1) is 0 Å². The highest BCUT2D eigenvalue weighted by atomic mass is 32.2. The van der Waals surface area contributed by atoms with Crippen LogP contribution in [0.1, 0.15) is 29.8 Å². The molecular weight excluding hydrogens is 270 g/mol. The van der Waals surface area contributed by atoms with Crippen LogP contribution in [0.4, 0.5) is 0 Å². The number of nitrogens with zero attached hydrogens (tertiary/aromatic N) is 3. The summed E-state index contributed by atoms with van der Waals surface area (Å²) in [6.45, 7) is 5.91. The van der Waals surface area contributed by atoms with Gasteiger partial charge in [-0.05, 0) is 32.4 Å². The molecule has 5 nitrogen and oxygen atoms in total. The molecule has 0 spiro atoms. The van der Waals surface area contributed by atoms with Gasteiger partial charge in [-0.1, -0.05) is 0 Å². The number of hydrogen-bond acceptors (Lipinski definition) is 3. The molecule has 1 fully saturated rings. The molecule has 6 heteroatoms. The number of rotatable bonds is 4. The highest BCUT2D eigenvalue weighted by Gasteiger charge is 2.16. The van der Waals surface area contributed by atoms with E-state index in [0.717, 1.165) is 30.0 Å². The van der Waals surface area contributed by atoms with Crippen LogP contribution in [0, 0.1) is 13.8 Å². The van der Waals surface area contributed by atoms with E-state index in [1.165, 1.54) is 29.9 Å². The minimum atomic E-state index is 0.732. The van der Waals surface area contributed by atoms with E-state index in [-0.39, 0.29) is 0 Å². The maximum Gasteiger partial charge on any atom is 0.191 e. The van der Waals surface area contributed by atoms with Crippen molar-refractivity contribution in [1.82, 2.24) is 20.4 Å². The molecule has 1 atom stereocenters. The number of thioether (sulfide) groups is 1. The van der Waals surface area contributed by atoms with Gasteiger partial charge in [0, 0.05) is 43.7 Å². The number of nitrogens with one attached hydrogen (secondary N) is 2. The molecule has 1 aliphatic heterocycles. The first-order valence-corrected chi connectivity index (χ1v) is 8.22. The van der Waals surface area contributed by atoms with Crippen LogP contribution < -0.4 is 10.6 Å². The van der Waals surface area contributed by atoms with Gasteiger partial charge in [-0.3, -0.25) is 9.67 Å². The highest BCUT2D eigenvalue weighted by molar-refractivity contribution is 8.00. The Labute approximate surface area is 125 Å². The molecule has 0 aromatic carbocycles. The Kier molecular flexibility index (Phi) is 5.34. The zero-order valence-corrected chi connectivity index (χ0v) is 13.7. The summed E-state index contributed by atoms with van der Waals surface area (Å²) in [4.78, 5) is 4.29. The smallest absolute Gasteiger partial charge is 0.191 e. The lowest BCUT2D eigenvalue weighted by Crippen LogP contribution is -2.39. The van der Waals surface area contributed by atoms with Crippen molar-refractivity contribution < 1.29 is 0 Å². The second-order valence-electron chi connectivity index (χ2n) is 5.21. The maximum atomic E-state index is 4.44. The minimum Gasteiger partial charge on any atom is -0.355 e. The quantitative estimate of drug-likeness (QED) is 0.654. The van der Waals surface area contributed by atoms with Gasteiger partial charge in [-0.25, -0.2) is 0 Å². The Balaban J connectivity index is 1.84. The second-order valence-corrected chi connectivity index (χ2v) is 6.62. The molecule has 1 aliphatic rings. The molecule has 1 aromatic heterocycles. The standard InChI is InChI=1S/C14H25N5S/c1-10-13(11(2)19(4)18-10)9-17-14(15-3)16-8-12-6-5-7-20-12/h12H,5-9H2,1-4H3,(H2,15,16,17). The number of hydrogen-bond donors (Lipinski definition) is 2. The lowest BCUT2D eigenvalue weighted by atomic mass is 10.2. The van der Waals surface area contributed by atoms with E-state index in [9.17, 15) is 0 Å². The predicted molar refractivity (Wildman–Crippen MR) is 86.4 cm³/mol. The number of aryl methyl sites for hydroxylation is 2. The first kappa shape index (κ1) is 15.2. The monoisotopic (exact) mass is 295 g/mol. The zero-order chi connectivity index (χ0) is 14.5. The molecule has 1 saturated heterocycles. The SMILES string of the molecule is CN=C(NCc1c(C)nn(C)c1C)NCC1CCCS1. The van der Waals surface area contributed by atoms with Crippen molar-refractivity contribution in [3.05, 3.63) is 17.0 Å². The third-order valence-electron chi connectivity index (χ3n) is 3.84. The second kappa shape index (κ2) is 7.02. The van der Waals surface area contributed by atoms with Crippen molar-refractivity contribution in [1.29, 1.82) is 0 Å². The summed E-state index contributed by atoms with van der Waals surface area (Å²) >= 11 is 2.06. The van der Waals surface area contributed by atoms with Crippen molar-refractivity contribution in [2.75, 3.05) is 19.3 Å². The average Bonchev–Trinajstić information content (AvgIpc) is 3.02. The van der Waals surface area contributed by atoms with Crippen molar-refractivity contribution in [3.8, 4) is 0 Å². The predicted octanol–water partition coefficient (Wildman–Crippen LogP) is 1.60. The van der Waals surface area contributed by atoms with E-state index >= 15 is 0 Å². The number of guanidine groups is 1. The first-order chi connectivity index (χ1) is 9.61. The van der Waals surface area contributed by atoms with E-state index < -0.39 is 0 Å². The van der Waals surface area contributed by atoms with Gasteiger partial charge < -0.3 is 10.6 Å². The van der Waals surface area contributed by atoms with Crippen LogP contribution in [-0.2, 0) is 13.6 Å². The third kappa shape index (κ3) is 3.69. The molecule has 2 N–H and O–H groups in total. The van der Waals surface area contributed by atoms with E-state index in [4.69, 9.17) is 0 Å². The molecule has 112 valence electrons. The summed E-state index contributed by atoms with van der Waals surface area (Å²) in [6, 6.07) is 0. The molecule has 0 saturated carbocycles. The Morgan fingerprint density at radius 3 is 2.80 bits per heavy atom. The zero-order valence-electron chi connectivity index (χ0n) is 12.9. The first-order valence-electron chi connectivity index (χ1n) is 7.17. The molecule has 20 heavy (non-hydrogen) atoms. The topological polar surface area (TPSA) is 54.2 Å². The molecule has 0 bridgehead atoms. The maximum absolute atomic E-state index is 4.44. The van der Waals surface area contributed by atoms with Crippen LogP contribution in [0.25, 0.3) is 0 Å². The average molecular weight is 295 g/mol. The van der Waals surface area contributed by atoms with Gasteiger partial charge in [0.15, 0.2) is 5.96 Å². The van der Waals surface area contributed by atoms with Gasteiger partial charge in [0.1, 0.15) is 0 Å². The third-order valence-corrected chi connectivity index (χ3v) is 5.23. The van der Waals surface area contributed by atoms with Gasteiger partial charge >= 0.3 is 0 Å². The van der Waals surface area contributed by atoms with E-state index in [1.807, 2.05) is 18.8 Å². The molecule has 0 aliphatic carbocycles. The summed E-state index contributed by atoms with van der Waals surface area (Å²) < 4.78 is 1.93. The van der Waals surface area contributed by atoms with Gasteiger partial charge in [-0.2, -0.15) is 16.9 Å². The van der Waals surface area contributed by atoms with Crippen LogP contribution >= 0.6 is 11.8 Å². The highest BCUT2D eigenvalue weighted by Crippen LogP contribution is 2.25. The van der Waals surface area contributed by atoms with Crippen LogP contribution in [-0.4, -0.2) is 40.3 Å². The van der Waals surface area contributed by atoms with E-state index in [2.05, 4.69) is 46.3 Å².